The molecule has 8 rings (SSSR count). The molecule has 460 valence electrons. The first-order valence-corrected chi connectivity index (χ1v) is 26.9. The minimum Gasteiger partial charge on any atom is -0.490 e. The van der Waals surface area contributed by atoms with Gasteiger partial charge in [0.1, 0.15) is 73.8 Å². The number of rotatable bonds is 26. The minimum atomic E-state index is -1.84. The first-order valence-electron chi connectivity index (χ1n) is 26.9. The molecular formula is C64H60O24. The Hall–Kier alpha value is -10.4. The number of benzene rings is 8. The predicted molar refractivity (Wildman–Crippen MR) is 312 cm³/mol. The minimum absolute atomic E-state index is 0.0270. The zero-order valence-electron chi connectivity index (χ0n) is 47.4. The molecule has 0 unspecified atom stereocenters. The maximum Gasteiger partial charge on any atom is 0.335 e. The van der Waals surface area contributed by atoms with Gasteiger partial charge in [-0.15, -0.1) is 0 Å². The Kier molecular flexibility index (Phi) is 21.9. The zero-order valence-corrected chi connectivity index (χ0v) is 47.4. The number of carboxylic acid groups (broad SMARTS) is 4. The topological polar surface area (TPSA) is 372 Å². The molecule has 0 aliphatic rings. The number of carboxylic acids is 4. The lowest BCUT2D eigenvalue weighted by Gasteiger charge is -2.35. The Morgan fingerprint density at radius 3 is 0.784 bits per heavy atom. The quantitative estimate of drug-likeness (QED) is 0.0202. The smallest absolute Gasteiger partial charge is 0.335 e. The summed E-state index contributed by atoms with van der Waals surface area (Å²) in [5, 5.41) is 84.1. The normalized spacial score (nSPS) is 13.8. The Balaban J connectivity index is 0.000000260. The molecule has 0 amide bonds. The Labute approximate surface area is 500 Å². The standard InChI is InChI=1S/C36H34O14.C28H26O10/c1-19(37)47-31(17-45-29-15-25(35(41)42)13-23-9-5-7-11-27(23)29)33(49-21(3)39)34(50-22(4)40)32(48-20(2)38)18-46-30-16-26(36(43)44)14-24-10-6-8-12-28(24)30;29-21(13-37-23-11-17(27(33)34)9-15-5-1-3-7-19(15)23)25(31)26(32)22(30)14-38-24-12-18(28(35)36)10-16-6-2-4-8-20(16)24/h5-16,31-34H,17-18H2,1-4H3,(H,41,42)(H,43,44);1-12,21-22,25-26,29-32H,13-14H2,(H,33,34)(H,35,36)/t31-,32+,33+,34-;21-,22+,25+,26-. The molecule has 0 spiro atoms. The van der Waals surface area contributed by atoms with Crippen molar-refractivity contribution in [3.63, 3.8) is 0 Å². The highest BCUT2D eigenvalue weighted by atomic mass is 16.6. The molecule has 0 aliphatic heterocycles. The molecule has 24 heteroatoms. The molecule has 0 saturated heterocycles. The van der Waals surface area contributed by atoms with Gasteiger partial charge in [-0.1, -0.05) is 97.1 Å². The monoisotopic (exact) mass is 1210 g/mol. The lowest BCUT2D eigenvalue weighted by atomic mass is 10.0. The van der Waals surface area contributed by atoms with E-state index in [0.29, 0.717) is 43.1 Å². The summed E-state index contributed by atoms with van der Waals surface area (Å²) in [6, 6.07) is 38.3. The number of esters is 4. The number of hydrogen-bond donors (Lipinski definition) is 8. The van der Waals surface area contributed by atoms with Gasteiger partial charge < -0.3 is 78.7 Å². The van der Waals surface area contributed by atoms with E-state index in [1.54, 1.807) is 97.1 Å². The molecule has 8 N–H and O–H groups in total. The maximum absolute atomic E-state index is 12.5. The third-order valence-electron chi connectivity index (χ3n) is 13.3. The van der Waals surface area contributed by atoms with Crippen LogP contribution in [0.4, 0.5) is 0 Å². The summed E-state index contributed by atoms with van der Waals surface area (Å²) < 4.78 is 45.3. The third kappa shape index (κ3) is 16.9. The van der Waals surface area contributed by atoms with Gasteiger partial charge in [-0.2, -0.15) is 0 Å². The van der Waals surface area contributed by atoms with Gasteiger partial charge in [-0.05, 0) is 70.1 Å². The highest BCUT2D eigenvalue weighted by Gasteiger charge is 2.44. The molecule has 88 heavy (non-hydrogen) atoms. The van der Waals surface area contributed by atoms with Crippen LogP contribution in [-0.2, 0) is 38.1 Å². The van der Waals surface area contributed by atoms with Crippen LogP contribution in [0.15, 0.2) is 146 Å². The average Bonchev–Trinajstić information content (AvgIpc) is 1.83. The van der Waals surface area contributed by atoms with Gasteiger partial charge in [-0.25, -0.2) is 19.2 Å². The van der Waals surface area contributed by atoms with Crippen molar-refractivity contribution in [3.05, 3.63) is 168 Å². The van der Waals surface area contributed by atoms with Gasteiger partial charge in [-0.3, -0.25) is 19.2 Å². The number of hydrogen-bond acceptors (Lipinski definition) is 20. The molecule has 0 aliphatic carbocycles. The van der Waals surface area contributed by atoms with Crippen molar-refractivity contribution in [1.82, 2.24) is 0 Å². The molecule has 0 aromatic heterocycles. The van der Waals surface area contributed by atoms with Crippen LogP contribution in [0.1, 0.15) is 69.1 Å². The van der Waals surface area contributed by atoms with E-state index in [9.17, 15) is 79.2 Å². The number of fused-ring (bicyclic) bond motifs is 4. The molecule has 0 radical (unpaired) electrons. The van der Waals surface area contributed by atoms with Crippen LogP contribution >= 0.6 is 0 Å². The fourth-order valence-electron chi connectivity index (χ4n) is 9.33. The van der Waals surface area contributed by atoms with Gasteiger partial charge in [0.25, 0.3) is 0 Å². The van der Waals surface area contributed by atoms with Crippen molar-refractivity contribution in [1.29, 1.82) is 0 Å². The summed E-state index contributed by atoms with van der Waals surface area (Å²) in [5.41, 5.74) is -0.242. The summed E-state index contributed by atoms with van der Waals surface area (Å²) >= 11 is 0. The number of ether oxygens (including phenoxy) is 8. The molecule has 8 aromatic carbocycles. The van der Waals surface area contributed by atoms with Crippen LogP contribution < -0.4 is 18.9 Å². The highest BCUT2D eigenvalue weighted by Crippen LogP contribution is 2.33. The third-order valence-corrected chi connectivity index (χ3v) is 13.3. The van der Waals surface area contributed by atoms with Crippen LogP contribution in [0.3, 0.4) is 0 Å². The molecule has 8 atom stereocenters. The van der Waals surface area contributed by atoms with Crippen LogP contribution in [0.25, 0.3) is 43.1 Å². The molecule has 0 saturated carbocycles. The summed E-state index contributed by atoms with van der Waals surface area (Å²) in [4.78, 5) is 96.2. The fraction of sp³-hybridized carbons (Fsp3) is 0.250. The SMILES string of the molecule is CC(=O)O[C@H]([C@H](OC(C)=O)[C@H](COc1cc(C(=O)O)cc2ccccc12)OC(C)=O)[C@@H](COc1cc(C(=O)O)cc2ccccc12)OC(C)=O.O=C(O)c1cc(OC[C@@H](O)[C@H](O)[C@H](O)[C@@H](O)COc2cc(C(=O)O)cc3ccccc23)c2ccccc2c1. The van der Waals surface area contributed by atoms with Crippen LogP contribution in [-0.4, -0.2) is 164 Å². The maximum atomic E-state index is 12.5. The van der Waals surface area contributed by atoms with Gasteiger partial charge in [0.15, 0.2) is 24.4 Å². The summed E-state index contributed by atoms with van der Waals surface area (Å²) in [6.07, 6.45) is -13.4. The van der Waals surface area contributed by atoms with Crippen LogP contribution in [0, 0.1) is 0 Å². The summed E-state index contributed by atoms with van der Waals surface area (Å²) in [6.45, 7) is 2.12. The lowest BCUT2D eigenvalue weighted by Crippen LogP contribution is -2.54. The Morgan fingerprint density at radius 1 is 0.330 bits per heavy atom. The number of carbonyl (C=O) groups is 8. The van der Waals surface area contributed by atoms with Gasteiger partial charge in [0, 0.05) is 49.2 Å². The Morgan fingerprint density at radius 2 is 0.557 bits per heavy atom. The van der Waals surface area contributed by atoms with Crippen molar-refractivity contribution < 1.29 is 117 Å². The van der Waals surface area contributed by atoms with E-state index in [-0.39, 0.29) is 45.3 Å². The predicted octanol–water partition coefficient (Wildman–Crippen LogP) is 6.86. The summed E-state index contributed by atoms with van der Waals surface area (Å²) in [7, 11) is 0. The fourth-order valence-corrected chi connectivity index (χ4v) is 9.33. The molecule has 0 fully saturated rings. The second-order valence-electron chi connectivity index (χ2n) is 19.8. The van der Waals surface area contributed by atoms with Gasteiger partial charge in [0.05, 0.1) is 22.3 Å². The Bertz CT molecular complexity index is 3650. The van der Waals surface area contributed by atoms with Crippen LogP contribution in [0.5, 0.6) is 23.0 Å². The second-order valence-corrected chi connectivity index (χ2v) is 19.8. The van der Waals surface area contributed by atoms with Crippen molar-refractivity contribution >= 4 is 90.8 Å². The summed E-state index contributed by atoms with van der Waals surface area (Å²) in [5.74, 6) is -7.77. The largest absolute Gasteiger partial charge is 0.490 e. The van der Waals surface area contributed by atoms with E-state index in [4.69, 9.17) is 37.9 Å². The van der Waals surface area contributed by atoms with Crippen molar-refractivity contribution in [2.75, 3.05) is 26.4 Å². The molecule has 8 aromatic rings. The number of aromatic carboxylic acids is 4. The zero-order chi connectivity index (χ0) is 63.9. The number of aliphatic hydroxyl groups excluding tert-OH is 4. The number of aliphatic hydroxyl groups is 4. The van der Waals surface area contributed by atoms with Crippen molar-refractivity contribution in [2.24, 2.45) is 0 Å². The van der Waals surface area contributed by atoms with E-state index < -0.39 is 123 Å². The molecule has 24 nitrogen and oxygen atoms in total. The lowest BCUT2D eigenvalue weighted by molar-refractivity contribution is -0.202. The second kappa shape index (κ2) is 29.6. The average molecular weight is 1210 g/mol. The molecular weight excluding hydrogens is 1150 g/mol. The van der Waals surface area contributed by atoms with E-state index in [0.717, 1.165) is 27.7 Å². The van der Waals surface area contributed by atoms with Gasteiger partial charge >= 0.3 is 47.8 Å². The molecule has 0 heterocycles. The van der Waals surface area contributed by atoms with Crippen LogP contribution in [0.2, 0.25) is 0 Å². The first-order chi connectivity index (χ1) is 41.9. The van der Waals surface area contributed by atoms with E-state index >= 15 is 0 Å². The highest BCUT2D eigenvalue weighted by molar-refractivity contribution is 6.00. The molecule has 0 bridgehead atoms. The number of carbonyl (C=O) groups excluding carboxylic acids is 4. The first kappa shape index (κ1) is 65.1. The van der Waals surface area contributed by atoms with Crippen molar-refractivity contribution in [3.8, 4) is 23.0 Å². The van der Waals surface area contributed by atoms with Gasteiger partial charge in [0.2, 0.25) is 0 Å². The van der Waals surface area contributed by atoms with E-state index in [1.165, 1.54) is 48.5 Å². The van der Waals surface area contributed by atoms with E-state index in [1.807, 2.05) is 0 Å². The van der Waals surface area contributed by atoms with Crippen molar-refractivity contribution in [2.45, 2.75) is 76.5 Å². The van der Waals surface area contributed by atoms with E-state index in [2.05, 4.69) is 0 Å².